The second-order valence-corrected chi connectivity index (χ2v) is 6.15. The molecule has 0 aliphatic carbocycles. The van der Waals surface area contributed by atoms with Crippen molar-refractivity contribution in [3.63, 3.8) is 0 Å². The lowest BCUT2D eigenvalue weighted by atomic mass is 9.95. The van der Waals surface area contributed by atoms with Gasteiger partial charge in [-0.2, -0.15) is 0 Å². The number of nitro groups is 1. The summed E-state index contributed by atoms with van der Waals surface area (Å²) in [6.45, 7) is 2.42. The minimum absolute atomic E-state index is 0.0720. The highest BCUT2D eigenvalue weighted by atomic mass is 16.6. The predicted molar refractivity (Wildman–Crippen MR) is 90.1 cm³/mol. The lowest BCUT2D eigenvalue weighted by Crippen LogP contribution is -2.45. The number of carbonyl (C=O) groups excluding carboxylic acids is 2. The maximum Gasteiger partial charge on any atom is 0.338 e. The molecule has 0 unspecified atom stereocenters. The van der Waals surface area contributed by atoms with Crippen LogP contribution in [-0.4, -0.2) is 36.2 Å². The Morgan fingerprint density at radius 1 is 1.38 bits per heavy atom. The highest BCUT2D eigenvalue weighted by Gasteiger charge is 2.33. The maximum atomic E-state index is 12.6. The molecule has 2 N–H and O–H groups in total. The first-order valence-corrected chi connectivity index (χ1v) is 8.27. The number of esters is 1. The Morgan fingerprint density at radius 2 is 2.12 bits per heavy atom. The molecule has 1 aromatic carbocycles. The van der Waals surface area contributed by atoms with Crippen molar-refractivity contribution >= 4 is 17.7 Å². The van der Waals surface area contributed by atoms with E-state index >= 15 is 0 Å². The molecule has 2 aliphatic heterocycles. The Balaban J connectivity index is 1.81. The van der Waals surface area contributed by atoms with E-state index in [1.54, 1.807) is 6.92 Å². The Hall–Kier alpha value is -2.94. The van der Waals surface area contributed by atoms with Crippen LogP contribution in [-0.2, 0) is 14.3 Å². The topological polar surface area (TPSA) is 120 Å². The van der Waals surface area contributed by atoms with Crippen LogP contribution in [0.1, 0.15) is 31.4 Å². The van der Waals surface area contributed by atoms with E-state index in [1.165, 1.54) is 24.3 Å². The van der Waals surface area contributed by atoms with E-state index in [9.17, 15) is 19.7 Å². The van der Waals surface area contributed by atoms with Gasteiger partial charge in [0.1, 0.15) is 6.61 Å². The van der Waals surface area contributed by atoms with E-state index in [0.29, 0.717) is 17.9 Å². The third-order valence-corrected chi connectivity index (χ3v) is 4.35. The van der Waals surface area contributed by atoms with Gasteiger partial charge in [-0.05, 0) is 37.5 Å². The van der Waals surface area contributed by atoms with Crippen LogP contribution < -0.4 is 10.6 Å². The molecule has 2 heterocycles. The van der Waals surface area contributed by atoms with Crippen molar-refractivity contribution in [2.24, 2.45) is 0 Å². The minimum Gasteiger partial charge on any atom is -0.459 e. The summed E-state index contributed by atoms with van der Waals surface area (Å²) in [5.74, 6) is -0.561. The second-order valence-electron chi connectivity index (χ2n) is 6.15. The summed E-state index contributed by atoms with van der Waals surface area (Å²) in [7, 11) is 0. The largest absolute Gasteiger partial charge is 0.459 e. The number of urea groups is 1. The van der Waals surface area contributed by atoms with Gasteiger partial charge in [0.25, 0.3) is 5.69 Å². The van der Waals surface area contributed by atoms with E-state index in [2.05, 4.69) is 10.6 Å². The highest BCUT2D eigenvalue weighted by Crippen LogP contribution is 2.29. The fraction of sp³-hybridized carbons (Fsp3) is 0.412. The number of hydrogen-bond acceptors (Lipinski definition) is 6. The summed E-state index contributed by atoms with van der Waals surface area (Å²) in [6, 6.07) is 4.47. The van der Waals surface area contributed by atoms with E-state index in [0.717, 1.165) is 12.8 Å². The van der Waals surface area contributed by atoms with Crippen LogP contribution in [0.4, 0.5) is 10.5 Å². The fourth-order valence-electron chi connectivity index (χ4n) is 3.03. The average Bonchev–Trinajstić information content (AvgIpc) is 3.12. The molecule has 0 saturated carbocycles. The van der Waals surface area contributed by atoms with Crippen molar-refractivity contribution in [3.8, 4) is 0 Å². The molecule has 3 rings (SSSR count). The molecule has 1 aromatic rings. The zero-order valence-corrected chi connectivity index (χ0v) is 14.2. The van der Waals surface area contributed by atoms with E-state index in [1.807, 2.05) is 0 Å². The molecule has 9 nitrogen and oxygen atoms in total. The first-order valence-electron chi connectivity index (χ1n) is 8.27. The van der Waals surface area contributed by atoms with Gasteiger partial charge in [-0.25, -0.2) is 9.59 Å². The normalized spacial score (nSPS) is 22.6. The molecular formula is C17H19N3O6. The lowest BCUT2D eigenvalue weighted by molar-refractivity contribution is -0.384. The molecule has 26 heavy (non-hydrogen) atoms. The number of hydrogen-bond donors (Lipinski definition) is 2. The van der Waals surface area contributed by atoms with Crippen LogP contribution in [0.15, 0.2) is 35.5 Å². The van der Waals surface area contributed by atoms with Gasteiger partial charge in [0.15, 0.2) is 0 Å². The Labute approximate surface area is 149 Å². The van der Waals surface area contributed by atoms with E-state index < -0.39 is 23.0 Å². The first kappa shape index (κ1) is 17.9. The molecule has 0 spiro atoms. The van der Waals surface area contributed by atoms with Crippen LogP contribution in [0.3, 0.4) is 0 Å². The SMILES string of the molecule is CC1=C(C(=O)OC[C@H]2CCCO2)[C@H](c2ccc([N+](=O)[O-])cc2)NC(=O)N1. The molecule has 2 atom stereocenters. The summed E-state index contributed by atoms with van der Waals surface area (Å²) >= 11 is 0. The lowest BCUT2D eigenvalue weighted by Gasteiger charge is -2.28. The first-order chi connectivity index (χ1) is 12.5. The summed E-state index contributed by atoms with van der Waals surface area (Å²) in [6.07, 6.45) is 1.67. The third-order valence-electron chi connectivity index (χ3n) is 4.35. The average molecular weight is 361 g/mol. The molecule has 9 heteroatoms. The fourth-order valence-corrected chi connectivity index (χ4v) is 3.03. The smallest absolute Gasteiger partial charge is 0.338 e. The number of non-ortho nitro benzene ring substituents is 1. The highest BCUT2D eigenvalue weighted by molar-refractivity contribution is 5.95. The molecule has 0 aromatic heterocycles. The number of benzene rings is 1. The molecule has 1 saturated heterocycles. The number of carbonyl (C=O) groups is 2. The molecule has 1 fully saturated rings. The molecule has 2 amide bonds. The predicted octanol–water partition coefficient (Wildman–Crippen LogP) is 1.94. The minimum atomic E-state index is -0.749. The zero-order valence-electron chi connectivity index (χ0n) is 14.2. The molecule has 0 bridgehead atoms. The monoisotopic (exact) mass is 361 g/mol. The molecule has 0 radical (unpaired) electrons. The summed E-state index contributed by atoms with van der Waals surface area (Å²) in [4.78, 5) is 34.7. The Morgan fingerprint density at radius 3 is 2.73 bits per heavy atom. The number of nitro benzene ring substituents is 1. The number of allylic oxidation sites excluding steroid dienone is 1. The standard InChI is InChI=1S/C17H19N3O6/c1-10-14(16(21)26-9-13-3-2-8-25-13)15(19-17(22)18-10)11-4-6-12(7-5-11)20(23)24/h4-7,13,15H,2-3,8-9H2,1H3,(H2,18,19,22)/t13-,15+/m1/s1. The van der Waals surface area contributed by atoms with E-state index in [4.69, 9.17) is 9.47 Å². The van der Waals surface area contributed by atoms with Gasteiger partial charge in [0.2, 0.25) is 0 Å². The van der Waals surface area contributed by atoms with Crippen LogP contribution in [0, 0.1) is 10.1 Å². The van der Waals surface area contributed by atoms with Crippen LogP contribution in [0.25, 0.3) is 0 Å². The van der Waals surface area contributed by atoms with Gasteiger partial charge in [-0.15, -0.1) is 0 Å². The number of nitrogens with one attached hydrogen (secondary N) is 2. The van der Waals surface area contributed by atoms with Crippen molar-refractivity contribution in [2.75, 3.05) is 13.2 Å². The van der Waals surface area contributed by atoms with Gasteiger partial charge in [0, 0.05) is 24.4 Å². The van der Waals surface area contributed by atoms with Crippen LogP contribution in [0.2, 0.25) is 0 Å². The third kappa shape index (κ3) is 3.83. The zero-order chi connectivity index (χ0) is 18.7. The molecular weight excluding hydrogens is 342 g/mol. The summed E-state index contributed by atoms with van der Waals surface area (Å²) < 4.78 is 10.8. The van der Waals surface area contributed by atoms with Crippen molar-refractivity contribution in [1.29, 1.82) is 0 Å². The van der Waals surface area contributed by atoms with Crippen molar-refractivity contribution in [2.45, 2.75) is 31.9 Å². The molecule has 2 aliphatic rings. The van der Waals surface area contributed by atoms with Crippen molar-refractivity contribution in [3.05, 3.63) is 51.2 Å². The van der Waals surface area contributed by atoms with Gasteiger partial charge in [-0.3, -0.25) is 10.1 Å². The maximum absolute atomic E-state index is 12.6. The van der Waals surface area contributed by atoms with Crippen molar-refractivity contribution in [1.82, 2.24) is 10.6 Å². The summed E-state index contributed by atoms with van der Waals surface area (Å²) in [5, 5.41) is 16.0. The van der Waals surface area contributed by atoms with Gasteiger partial charge < -0.3 is 20.1 Å². The summed E-state index contributed by atoms with van der Waals surface area (Å²) in [5.41, 5.74) is 1.12. The van der Waals surface area contributed by atoms with Gasteiger partial charge >= 0.3 is 12.0 Å². The number of amides is 2. The number of nitrogens with zero attached hydrogens (tertiary/aromatic N) is 1. The van der Waals surface area contributed by atoms with Gasteiger partial charge in [0.05, 0.1) is 22.6 Å². The van der Waals surface area contributed by atoms with E-state index in [-0.39, 0.29) is 24.0 Å². The number of rotatable bonds is 5. The van der Waals surface area contributed by atoms with Crippen LogP contribution >= 0.6 is 0 Å². The Kier molecular flexibility index (Phi) is 5.17. The van der Waals surface area contributed by atoms with Crippen molar-refractivity contribution < 1.29 is 24.0 Å². The van der Waals surface area contributed by atoms with Crippen LogP contribution in [0.5, 0.6) is 0 Å². The molecule has 138 valence electrons. The Bertz CT molecular complexity index is 752. The number of ether oxygens (including phenoxy) is 2. The van der Waals surface area contributed by atoms with Gasteiger partial charge in [-0.1, -0.05) is 0 Å². The quantitative estimate of drug-likeness (QED) is 0.470. The second kappa shape index (κ2) is 7.52.